The van der Waals surface area contributed by atoms with E-state index in [-0.39, 0.29) is 18.4 Å². The molecule has 0 spiro atoms. The summed E-state index contributed by atoms with van der Waals surface area (Å²) >= 11 is 0. The van der Waals surface area contributed by atoms with Gasteiger partial charge in [-0.3, -0.25) is 14.5 Å². The second-order valence-electron chi connectivity index (χ2n) is 5.91. The van der Waals surface area contributed by atoms with Crippen LogP contribution < -0.4 is 5.32 Å². The molecule has 1 aliphatic rings. The van der Waals surface area contributed by atoms with Crippen molar-refractivity contribution in [3.8, 4) is 0 Å². The van der Waals surface area contributed by atoms with Crippen molar-refractivity contribution in [2.24, 2.45) is 0 Å². The fourth-order valence-corrected chi connectivity index (χ4v) is 3.19. The third-order valence-electron chi connectivity index (χ3n) is 4.48. The highest BCUT2D eigenvalue weighted by atomic mass is 16.2. The van der Waals surface area contributed by atoms with Gasteiger partial charge in [-0.25, -0.2) is 4.79 Å². The summed E-state index contributed by atoms with van der Waals surface area (Å²) in [6, 6.07) is 8.73. The lowest BCUT2D eigenvalue weighted by Crippen LogP contribution is -2.45. The molecule has 0 aromatic heterocycles. The number of amides is 4. The molecule has 0 bridgehead atoms. The molecule has 4 amide bonds. The molecule has 24 heavy (non-hydrogen) atoms. The fourth-order valence-electron chi connectivity index (χ4n) is 3.19. The van der Waals surface area contributed by atoms with Gasteiger partial charge in [0.1, 0.15) is 12.1 Å². The summed E-state index contributed by atoms with van der Waals surface area (Å²) in [6.07, 6.45) is 1.23. The second-order valence-corrected chi connectivity index (χ2v) is 5.91. The zero-order chi connectivity index (χ0) is 17.7. The molecule has 1 N–H and O–H groups in total. The van der Waals surface area contributed by atoms with Crippen molar-refractivity contribution in [1.82, 2.24) is 15.1 Å². The van der Waals surface area contributed by atoms with Gasteiger partial charge in [0.25, 0.3) is 5.91 Å². The van der Waals surface area contributed by atoms with E-state index in [1.54, 1.807) is 4.90 Å². The smallest absolute Gasteiger partial charge is 0.325 e. The first-order valence-electron chi connectivity index (χ1n) is 8.47. The van der Waals surface area contributed by atoms with E-state index in [0.717, 1.165) is 16.9 Å². The van der Waals surface area contributed by atoms with Crippen LogP contribution in [0.2, 0.25) is 0 Å². The summed E-state index contributed by atoms with van der Waals surface area (Å²) in [5.74, 6) is -0.565. The van der Waals surface area contributed by atoms with Gasteiger partial charge in [-0.1, -0.05) is 43.7 Å². The Labute approximate surface area is 142 Å². The van der Waals surface area contributed by atoms with Crippen LogP contribution in [-0.2, 0) is 15.1 Å². The minimum atomic E-state index is -1.07. The summed E-state index contributed by atoms with van der Waals surface area (Å²) in [4.78, 5) is 40.4. The second kappa shape index (κ2) is 7.47. The average molecular weight is 331 g/mol. The van der Waals surface area contributed by atoms with Gasteiger partial charge in [0.2, 0.25) is 5.91 Å². The Balaban J connectivity index is 2.30. The van der Waals surface area contributed by atoms with Gasteiger partial charge in [-0.15, -0.1) is 0 Å². The minimum absolute atomic E-state index is 0.218. The van der Waals surface area contributed by atoms with Crippen LogP contribution in [0.5, 0.6) is 0 Å². The SMILES string of the molecule is CCC[C@]1(c2ccccc2)NC(=O)N(CC(=O)N(CC)CC)C1=O. The molecule has 2 rings (SSSR count). The van der Waals surface area contributed by atoms with Crippen molar-refractivity contribution in [3.63, 3.8) is 0 Å². The summed E-state index contributed by atoms with van der Waals surface area (Å²) in [7, 11) is 0. The first kappa shape index (κ1) is 18.0. The maximum absolute atomic E-state index is 13.0. The van der Waals surface area contributed by atoms with Gasteiger partial charge < -0.3 is 10.2 Å². The van der Waals surface area contributed by atoms with E-state index in [0.29, 0.717) is 19.5 Å². The predicted octanol–water partition coefficient (Wildman–Crippen LogP) is 2.10. The number of hydrogen-bond donors (Lipinski definition) is 1. The van der Waals surface area contributed by atoms with Crippen molar-refractivity contribution >= 4 is 17.8 Å². The van der Waals surface area contributed by atoms with Crippen LogP contribution in [-0.4, -0.2) is 47.3 Å². The molecule has 1 atom stereocenters. The molecule has 1 heterocycles. The lowest BCUT2D eigenvalue weighted by molar-refractivity contribution is -0.139. The van der Waals surface area contributed by atoms with Crippen LogP contribution in [0.25, 0.3) is 0 Å². The number of carbonyl (C=O) groups is 3. The zero-order valence-electron chi connectivity index (χ0n) is 14.5. The van der Waals surface area contributed by atoms with Crippen molar-refractivity contribution in [1.29, 1.82) is 0 Å². The van der Waals surface area contributed by atoms with E-state index in [4.69, 9.17) is 0 Å². The molecule has 1 aromatic carbocycles. The van der Waals surface area contributed by atoms with E-state index in [1.807, 2.05) is 51.1 Å². The molecular formula is C18H25N3O3. The highest BCUT2D eigenvalue weighted by molar-refractivity contribution is 6.09. The number of imide groups is 1. The molecule has 6 heteroatoms. The Hall–Kier alpha value is -2.37. The topological polar surface area (TPSA) is 69.7 Å². The van der Waals surface area contributed by atoms with Gasteiger partial charge in [0, 0.05) is 13.1 Å². The van der Waals surface area contributed by atoms with E-state index >= 15 is 0 Å². The van der Waals surface area contributed by atoms with Crippen molar-refractivity contribution in [3.05, 3.63) is 35.9 Å². The molecule has 6 nitrogen and oxygen atoms in total. The van der Waals surface area contributed by atoms with Crippen LogP contribution >= 0.6 is 0 Å². The Morgan fingerprint density at radius 3 is 2.29 bits per heavy atom. The number of likely N-dealkylation sites (N-methyl/N-ethyl adjacent to an activating group) is 1. The standard InChI is InChI=1S/C18H25N3O3/c1-4-12-18(14-10-8-7-9-11-14)16(23)21(17(24)19-18)13-15(22)20(5-2)6-3/h7-11H,4-6,12-13H2,1-3H3,(H,19,24)/t18-/m1/s1. The monoisotopic (exact) mass is 331 g/mol. The number of benzene rings is 1. The maximum Gasteiger partial charge on any atom is 0.325 e. The lowest BCUT2D eigenvalue weighted by Gasteiger charge is -2.27. The van der Waals surface area contributed by atoms with Crippen LogP contribution in [0.15, 0.2) is 30.3 Å². The van der Waals surface area contributed by atoms with Gasteiger partial charge in [0.15, 0.2) is 0 Å². The molecule has 0 saturated carbocycles. The number of nitrogens with zero attached hydrogens (tertiary/aromatic N) is 2. The first-order valence-corrected chi connectivity index (χ1v) is 8.47. The molecule has 1 aliphatic heterocycles. The molecular weight excluding hydrogens is 306 g/mol. The average Bonchev–Trinajstić information content (AvgIpc) is 2.82. The van der Waals surface area contributed by atoms with Crippen LogP contribution in [0.3, 0.4) is 0 Å². The highest BCUT2D eigenvalue weighted by Gasteiger charge is 2.52. The van der Waals surface area contributed by atoms with Crippen LogP contribution in [0.1, 0.15) is 39.2 Å². The summed E-state index contributed by atoms with van der Waals surface area (Å²) in [5, 5.41) is 2.83. The third-order valence-corrected chi connectivity index (χ3v) is 4.48. The summed E-state index contributed by atoms with van der Waals surface area (Å²) in [6.45, 7) is 6.60. The Morgan fingerprint density at radius 1 is 1.12 bits per heavy atom. The summed E-state index contributed by atoms with van der Waals surface area (Å²) < 4.78 is 0. The van der Waals surface area contributed by atoms with E-state index in [1.165, 1.54) is 0 Å². The Kier molecular flexibility index (Phi) is 5.59. The summed E-state index contributed by atoms with van der Waals surface area (Å²) in [5.41, 5.74) is -0.320. The highest BCUT2D eigenvalue weighted by Crippen LogP contribution is 2.33. The molecule has 0 radical (unpaired) electrons. The molecule has 130 valence electrons. The van der Waals surface area contributed by atoms with E-state index in [2.05, 4.69) is 5.32 Å². The van der Waals surface area contributed by atoms with E-state index < -0.39 is 11.6 Å². The number of nitrogens with one attached hydrogen (secondary N) is 1. The van der Waals surface area contributed by atoms with Gasteiger partial charge >= 0.3 is 6.03 Å². The third kappa shape index (κ3) is 3.13. The first-order chi connectivity index (χ1) is 11.5. The maximum atomic E-state index is 13.0. The van der Waals surface area contributed by atoms with Gasteiger partial charge in [-0.05, 0) is 25.8 Å². The Morgan fingerprint density at radius 2 is 1.75 bits per heavy atom. The van der Waals surface area contributed by atoms with Crippen molar-refractivity contribution < 1.29 is 14.4 Å². The Bertz CT molecular complexity index is 613. The van der Waals surface area contributed by atoms with E-state index in [9.17, 15) is 14.4 Å². The fraction of sp³-hybridized carbons (Fsp3) is 0.500. The van der Waals surface area contributed by atoms with Crippen molar-refractivity contribution in [2.45, 2.75) is 39.2 Å². The van der Waals surface area contributed by atoms with Crippen LogP contribution in [0, 0.1) is 0 Å². The van der Waals surface area contributed by atoms with Crippen LogP contribution in [0.4, 0.5) is 4.79 Å². The molecule has 1 saturated heterocycles. The molecule has 1 aromatic rings. The molecule has 0 unspecified atom stereocenters. The molecule has 0 aliphatic carbocycles. The predicted molar refractivity (Wildman–Crippen MR) is 91.2 cm³/mol. The van der Waals surface area contributed by atoms with Gasteiger partial charge in [-0.2, -0.15) is 0 Å². The van der Waals surface area contributed by atoms with Gasteiger partial charge in [0.05, 0.1) is 0 Å². The molecule has 1 fully saturated rings. The number of rotatable bonds is 7. The minimum Gasteiger partial charge on any atom is -0.342 e. The lowest BCUT2D eigenvalue weighted by atomic mass is 9.85. The largest absolute Gasteiger partial charge is 0.342 e. The number of hydrogen-bond acceptors (Lipinski definition) is 3. The zero-order valence-corrected chi connectivity index (χ0v) is 14.5. The van der Waals surface area contributed by atoms with Crippen molar-refractivity contribution in [2.75, 3.05) is 19.6 Å². The normalized spacial score (nSPS) is 20.2. The number of urea groups is 1. The quantitative estimate of drug-likeness (QED) is 0.778. The number of carbonyl (C=O) groups excluding carboxylic acids is 3.